The zero-order chi connectivity index (χ0) is 26.5. The maximum absolute atomic E-state index is 12.5. The van der Waals surface area contributed by atoms with Crippen molar-refractivity contribution in [1.82, 2.24) is 0 Å². The summed E-state index contributed by atoms with van der Waals surface area (Å²) in [4.78, 5) is 25.0. The summed E-state index contributed by atoms with van der Waals surface area (Å²) in [5, 5.41) is 2.92. The Morgan fingerprint density at radius 1 is 0.579 bits per heavy atom. The lowest BCUT2D eigenvalue weighted by Gasteiger charge is -2.18. The zero-order valence-corrected chi connectivity index (χ0v) is 21.4. The van der Waals surface area contributed by atoms with Gasteiger partial charge in [-0.15, -0.1) is 0 Å². The lowest BCUT2D eigenvalue weighted by Crippen LogP contribution is -2.19. The second kappa shape index (κ2) is 11.4. The van der Waals surface area contributed by atoms with E-state index in [1.165, 1.54) is 0 Å². The Morgan fingerprint density at radius 3 is 1.61 bits per heavy atom. The summed E-state index contributed by atoms with van der Waals surface area (Å²) in [6.07, 6.45) is 0. The van der Waals surface area contributed by atoms with Crippen LogP contribution in [0.4, 0.5) is 0 Å². The number of halogens is 2. The van der Waals surface area contributed by atoms with Gasteiger partial charge in [0.05, 0.1) is 5.02 Å². The van der Waals surface area contributed by atoms with Crippen molar-refractivity contribution in [3.63, 3.8) is 0 Å². The fraction of sp³-hybridized carbons (Fsp3) is 0.0667. The lowest BCUT2D eigenvalue weighted by molar-refractivity contribution is -0.137. The monoisotopic (exact) mass is 546 g/mol. The van der Waals surface area contributed by atoms with Crippen LogP contribution in [-0.4, -0.2) is 25.2 Å². The normalized spacial score (nSPS) is 10.8. The largest absolute Gasteiger partial charge is 0.481 e. The molecule has 0 bridgehead atoms. The van der Waals surface area contributed by atoms with E-state index in [1.54, 1.807) is 60.7 Å². The van der Waals surface area contributed by atoms with Gasteiger partial charge in [-0.3, -0.25) is 0 Å². The molecule has 6 nitrogen and oxygen atoms in total. The van der Waals surface area contributed by atoms with Crippen molar-refractivity contribution in [2.75, 3.05) is 13.2 Å². The summed E-state index contributed by atoms with van der Waals surface area (Å²) in [6, 6.07) is 27.9. The van der Waals surface area contributed by atoms with Gasteiger partial charge in [0.25, 0.3) is 0 Å². The number of ether oxygens (including phenoxy) is 4. The first-order chi connectivity index (χ1) is 18.5. The Kier molecular flexibility index (Phi) is 7.63. The molecule has 38 heavy (non-hydrogen) atoms. The molecular weight excluding hydrogens is 527 g/mol. The molecule has 0 aliphatic carbocycles. The van der Waals surface area contributed by atoms with Gasteiger partial charge < -0.3 is 18.9 Å². The van der Waals surface area contributed by atoms with E-state index in [4.69, 9.17) is 42.1 Å². The topological polar surface area (TPSA) is 71.1 Å². The van der Waals surface area contributed by atoms with Crippen LogP contribution in [0.25, 0.3) is 21.5 Å². The minimum Gasteiger partial charge on any atom is -0.481 e. The molecule has 0 amide bonds. The number of carbonyl (C=O) groups excluding carboxylic acids is 2. The first-order valence-electron chi connectivity index (χ1n) is 11.6. The number of carbonyl (C=O) groups is 2. The Hall–Kier alpha value is -4.26. The molecule has 0 radical (unpaired) electrons. The molecule has 0 atom stereocenters. The van der Waals surface area contributed by atoms with E-state index in [0.29, 0.717) is 54.6 Å². The maximum atomic E-state index is 12.5. The summed E-state index contributed by atoms with van der Waals surface area (Å²) in [5.41, 5.74) is 0. The highest BCUT2D eigenvalue weighted by Crippen LogP contribution is 2.46. The fourth-order valence-electron chi connectivity index (χ4n) is 4.01. The van der Waals surface area contributed by atoms with E-state index in [9.17, 15) is 9.59 Å². The third-order valence-corrected chi connectivity index (χ3v) is 6.08. The third kappa shape index (κ3) is 5.67. The molecule has 0 unspecified atom stereocenters. The van der Waals surface area contributed by atoms with E-state index >= 15 is 0 Å². The van der Waals surface area contributed by atoms with Crippen molar-refractivity contribution >= 4 is 56.7 Å². The van der Waals surface area contributed by atoms with Gasteiger partial charge in [-0.1, -0.05) is 83.9 Å². The standard InChI is InChI=1S/C30H20Cl2O6/c31-19-15-24-28(25(32)16-19)30(36-18-27(34)38-21-11-5-2-6-12-21)23-14-8-7-13-22(23)29(24)35-17-26(33)37-20-9-3-1-4-10-20/h1-16H,17-18H2. The molecule has 0 saturated heterocycles. The first kappa shape index (κ1) is 25.4. The van der Waals surface area contributed by atoms with Crippen LogP contribution in [0, 0.1) is 0 Å². The molecule has 0 aliphatic heterocycles. The predicted molar refractivity (Wildman–Crippen MR) is 147 cm³/mol. The van der Waals surface area contributed by atoms with E-state index in [1.807, 2.05) is 36.4 Å². The van der Waals surface area contributed by atoms with Gasteiger partial charge in [-0.2, -0.15) is 0 Å². The summed E-state index contributed by atoms with van der Waals surface area (Å²) in [5.74, 6) is 0.401. The van der Waals surface area contributed by atoms with Crippen LogP contribution in [0.5, 0.6) is 23.0 Å². The average Bonchev–Trinajstić information content (AvgIpc) is 2.91. The Labute approximate surface area is 228 Å². The number of hydrogen-bond acceptors (Lipinski definition) is 6. The number of esters is 2. The van der Waals surface area contributed by atoms with Gasteiger partial charge in [-0.05, 0) is 36.4 Å². The van der Waals surface area contributed by atoms with E-state index in [-0.39, 0.29) is 13.2 Å². The van der Waals surface area contributed by atoms with E-state index in [0.717, 1.165) is 0 Å². The summed E-state index contributed by atoms with van der Waals surface area (Å²) in [6.45, 7) is -0.724. The molecule has 0 aliphatic rings. The van der Waals surface area contributed by atoms with Crippen molar-refractivity contribution in [3.8, 4) is 23.0 Å². The fourth-order valence-corrected chi connectivity index (χ4v) is 4.59. The van der Waals surface area contributed by atoms with Crippen molar-refractivity contribution in [1.29, 1.82) is 0 Å². The van der Waals surface area contributed by atoms with Crippen LogP contribution in [0.3, 0.4) is 0 Å². The molecule has 5 aromatic rings. The molecule has 0 heterocycles. The van der Waals surface area contributed by atoms with E-state index in [2.05, 4.69) is 0 Å². The van der Waals surface area contributed by atoms with Crippen LogP contribution in [0.2, 0.25) is 10.0 Å². The third-order valence-electron chi connectivity index (χ3n) is 5.56. The van der Waals surface area contributed by atoms with Gasteiger partial charge in [0.15, 0.2) is 13.2 Å². The van der Waals surface area contributed by atoms with Gasteiger partial charge in [0.2, 0.25) is 0 Å². The highest BCUT2D eigenvalue weighted by molar-refractivity contribution is 6.40. The molecule has 0 fully saturated rings. The highest BCUT2D eigenvalue weighted by atomic mass is 35.5. The second-order valence-electron chi connectivity index (χ2n) is 8.17. The molecule has 190 valence electrons. The van der Waals surface area contributed by atoms with Gasteiger partial charge >= 0.3 is 11.9 Å². The van der Waals surface area contributed by atoms with Crippen molar-refractivity contribution < 1.29 is 28.5 Å². The minimum atomic E-state index is -0.581. The number of benzene rings is 5. The van der Waals surface area contributed by atoms with Crippen LogP contribution >= 0.6 is 23.2 Å². The van der Waals surface area contributed by atoms with E-state index < -0.39 is 11.9 Å². The van der Waals surface area contributed by atoms with Crippen molar-refractivity contribution in [3.05, 3.63) is 107 Å². The summed E-state index contributed by atoms with van der Waals surface area (Å²) >= 11 is 13.0. The molecule has 5 rings (SSSR count). The van der Waals surface area contributed by atoms with Gasteiger partial charge in [0.1, 0.15) is 23.0 Å². The van der Waals surface area contributed by atoms with Crippen molar-refractivity contribution in [2.24, 2.45) is 0 Å². The summed E-state index contributed by atoms with van der Waals surface area (Å²) < 4.78 is 22.7. The minimum absolute atomic E-state index is 0.293. The predicted octanol–water partition coefficient (Wildman–Crippen LogP) is 7.27. The van der Waals surface area contributed by atoms with Crippen LogP contribution in [0.1, 0.15) is 0 Å². The number of hydrogen-bond donors (Lipinski definition) is 0. The smallest absolute Gasteiger partial charge is 0.349 e. The Morgan fingerprint density at radius 2 is 1.05 bits per heavy atom. The number of fused-ring (bicyclic) bond motifs is 2. The maximum Gasteiger partial charge on any atom is 0.349 e. The Balaban J connectivity index is 1.49. The quantitative estimate of drug-likeness (QED) is 0.116. The molecule has 8 heteroatoms. The Bertz CT molecular complexity index is 1620. The molecule has 0 spiro atoms. The van der Waals surface area contributed by atoms with Crippen LogP contribution in [-0.2, 0) is 9.59 Å². The molecule has 5 aromatic carbocycles. The number of para-hydroxylation sites is 2. The lowest BCUT2D eigenvalue weighted by atomic mass is 10.0. The van der Waals surface area contributed by atoms with Gasteiger partial charge in [0, 0.05) is 26.6 Å². The molecular formula is C30H20Cl2O6. The number of rotatable bonds is 8. The molecule has 0 N–H and O–H groups in total. The SMILES string of the molecule is O=C(COc1c2ccccc2c(OCC(=O)Oc2ccccc2)c2c(Cl)cc(Cl)cc12)Oc1ccccc1. The zero-order valence-electron chi connectivity index (χ0n) is 19.9. The average molecular weight is 547 g/mol. The molecule has 0 aromatic heterocycles. The van der Waals surface area contributed by atoms with Crippen molar-refractivity contribution in [2.45, 2.75) is 0 Å². The van der Waals surface area contributed by atoms with Crippen LogP contribution < -0.4 is 18.9 Å². The van der Waals surface area contributed by atoms with Gasteiger partial charge in [-0.25, -0.2) is 9.59 Å². The first-order valence-corrected chi connectivity index (χ1v) is 12.4. The second-order valence-corrected chi connectivity index (χ2v) is 9.01. The summed E-state index contributed by atoms with van der Waals surface area (Å²) in [7, 11) is 0. The highest BCUT2D eigenvalue weighted by Gasteiger charge is 2.21. The molecule has 0 saturated carbocycles. The van der Waals surface area contributed by atoms with Crippen LogP contribution in [0.15, 0.2) is 97.1 Å².